The number of carboxylic acids is 1. The van der Waals surface area contributed by atoms with Gasteiger partial charge in [-0.05, 0) is 11.6 Å². The van der Waals surface area contributed by atoms with E-state index >= 15 is 0 Å². The summed E-state index contributed by atoms with van der Waals surface area (Å²) in [5.74, 6) is -0.907. The van der Waals surface area contributed by atoms with Crippen LogP contribution in [0.15, 0.2) is 78.1 Å². The number of rotatable bonds is 5. The fourth-order valence-electron chi connectivity index (χ4n) is 2.16. The minimum atomic E-state index is -0.907. The van der Waals surface area contributed by atoms with Crippen LogP contribution in [0.2, 0.25) is 0 Å². The highest BCUT2D eigenvalue weighted by Crippen LogP contribution is 2.34. The first kappa shape index (κ1) is 15.2. The molecule has 1 unspecified atom stereocenters. The van der Waals surface area contributed by atoms with Crippen molar-refractivity contribution in [1.82, 2.24) is 9.97 Å². The first-order chi connectivity index (χ1) is 11.2. The molecule has 0 aliphatic carbocycles. The zero-order valence-corrected chi connectivity index (χ0v) is 13.0. The van der Waals surface area contributed by atoms with Gasteiger partial charge in [0.05, 0.1) is 5.69 Å². The molecule has 0 aliphatic rings. The minimum Gasteiger partial charge on any atom is -0.480 e. The van der Waals surface area contributed by atoms with Crippen LogP contribution >= 0.6 is 11.8 Å². The van der Waals surface area contributed by atoms with Crippen LogP contribution in [0.5, 0.6) is 0 Å². The van der Waals surface area contributed by atoms with Crippen molar-refractivity contribution in [3.8, 4) is 11.3 Å². The number of aromatic nitrogens is 2. The Bertz CT molecular complexity index is 794. The third-order valence-corrected chi connectivity index (χ3v) is 4.37. The monoisotopic (exact) mass is 322 g/mol. The van der Waals surface area contributed by atoms with Gasteiger partial charge in [0.2, 0.25) is 0 Å². The molecule has 23 heavy (non-hydrogen) atoms. The Labute approximate surface area is 138 Å². The van der Waals surface area contributed by atoms with E-state index in [1.54, 1.807) is 18.3 Å². The van der Waals surface area contributed by atoms with E-state index in [0.29, 0.717) is 5.16 Å². The van der Waals surface area contributed by atoms with Gasteiger partial charge in [0, 0.05) is 11.8 Å². The Morgan fingerprint density at radius 3 is 2.26 bits per heavy atom. The van der Waals surface area contributed by atoms with Crippen molar-refractivity contribution in [1.29, 1.82) is 0 Å². The SMILES string of the molecule is O=C(O)C(Sc1nccc(-c2ccccc2)n1)c1ccccc1. The van der Waals surface area contributed by atoms with Crippen LogP contribution in [0, 0.1) is 0 Å². The van der Waals surface area contributed by atoms with Crippen molar-refractivity contribution in [3.05, 3.63) is 78.5 Å². The van der Waals surface area contributed by atoms with Crippen LogP contribution in [0.25, 0.3) is 11.3 Å². The number of hydrogen-bond donors (Lipinski definition) is 1. The number of benzene rings is 2. The second-order valence-corrected chi connectivity index (χ2v) is 5.91. The van der Waals surface area contributed by atoms with Crippen molar-refractivity contribution in [3.63, 3.8) is 0 Å². The standard InChI is InChI=1S/C18H14N2O2S/c21-17(22)16(14-9-5-2-6-10-14)23-18-19-12-11-15(20-18)13-7-3-1-4-8-13/h1-12,16H,(H,21,22). The molecule has 0 fully saturated rings. The number of aliphatic carboxylic acids is 1. The highest BCUT2D eigenvalue weighted by atomic mass is 32.2. The fourth-order valence-corrected chi connectivity index (χ4v) is 3.04. The Balaban J connectivity index is 1.88. The molecule has 0 saturated carbocycles. The van der Waals surface area contributed by atoms with Crippen LogP contribution in [0.3, 0.4) is 0 Å². The van der Waals surface area contributed by atoms with Crippen LogP contribution in [0.1, 0.15) is 10.8 Å². The van der Waals surface area contributed by atoms with Gasteiger partial charge in [-0.15, -0.1) is 0 Å². The van der Waals surface area contributed by atoms with Crippen LogP contribution in [-0.4, -0.2) is 21.0 Å². The molecule has 0 saturated heterocycles. The molecule has 0 radical (unpaired) electrons. The zero-order chi connectivity index (χ0) is 16.1. The third-order valence-electron chi connectivity index (χ3n) is 3.25. The Kier molecular flexibility index (Phi) is 4.68. The summed E-state index contributed by atoms with van der Waals surface area (Å²) in [6.07, 6.45) is 1.65. The van der Waals surface area contributed by atoms with Gasteiger partial charge in [-0.3, -0.25) is 4.79 Å². The van der Waals surface area contributed by atoms with Gasteiger partial charge in [0.15, 0.2) is 5.16 Å². The van der Waals surface area contributed by atoms with Gasteiger partial charge < -0.3 is 5.11 Å². The molecule has 0 spiro atoms. The van der Waals surface area contributed by atoms with Crippen molar-refractivity contribution in [2.45, 2.75) is 10.4 Å². The Morgan fingerprint density at radius 1 is 0.957 bits per heavy atom. The largest absolute Gasteiger partial charge is 0.480 e. The van der Waals surface area contributed by atoms with E-state index in [4.69, 9.17) is 0 Å². The molecule has 3 aromatic rings. The zero-order valence-electron chi connectivity index (χ0n) is 12.2. The fraction of sp³-hybridized carbons (Fsp3) is 0.0556. The Hall–Kier alpha value is -2.66. The lowest BCUT2D eigenvalue weighted by Crippen LogP contribution is -2.08. The molecule has 1 heterocycles. The number of thioether (sulfide) groups is 1. The Morgan fingerprint density at radius 2 is 1.61 bits per heavy atom. The first-order valence-corrected chi connectivity index (χ1v) is 7.95. The number of carbonyl (C=O) groups is 1. The lowest BCUT2D eigenvalue weighted by Gasteiger charge is -2.11. The quantitative estimate of drug-likeness (QED) is 0.567. The molecule has 5 heteroatoms. The van der Waals surface area contributed by atoms with E-state index < -0.39 is 11.2 Å². The second kappa shape index (κ2) is 7.07. The molecule has 4 nitrogen and oxygen atoms in total. The summed E-state index contributed by atoms with van der Waals surface area (Å²) in [6.45, 7) is 0. The van der Waals surface area contributed by atoms with Gasteiger partial charge in [0.25, 0.3) is 0 Å². The summed E-state index contributed by atoms with van der Waals surface area (Å²) < 4.78 is 0. The molecule has 1 aromatic heterocycles. The molecular weight excluding hydrogens is 308 g/mol. The smallest absolute Gasteiger partial charge is 0.321 e. The van der Waals surface area contributed by atoms with Crippen LogP contribution < -0.4 is 0 Å². The van der Waals surface area contributed by atoms with E-state index in [2.05, 4.69) is 9.97 Å². The van der Waals surface area contributed by atoms with Crippen LogP contribution in [0.4, 0.5) is 0 Å². The van der Waals surface area contributed by atoms with Gasteiger partial charge in [-0.2, -0.15) is 0 Å². The normalized spacial score (nSPS) is 11.8. The van der Waals surface area contributed by atoms with Gasteiger partial charge in [-0.25, -0.2) is 9.97 Å². The van der Waals surface area contributed by atoms with Crippen molar-refractivity contribution in [2.24, 2.45) is 0 Å². The van der Waals surface area contributed by atoms with E-state index in [1.807, 2.05) is 54.6 Å². The van der Waals surface area contributed by atoms with Crippen molar-refractivity contribution < 1.29 is 9.90 Å². The maximum Gasteiger partial charge on any atom is 0.321 e. The van der Waals surface area contributed by atoms with E-state index in [9.17, 15) is 9.90 Å². The number of nitrogens with zero attached hydrogens (tertiary/aromatic N) is 2. The summed E-state index contributed by atoms with van der Waals surface area (Å²) in [4.78, 5) is 20.3. The van der Waals surface area contributed by atoms with E-state index in [1.165, 1.54) is 0 Å². The van der Waals surface area contributed by atoms with E-state index in [-0.39, 0.29) is 0 Å². The molecule has 0 amide bonds. The predicted molar refractivity (Wildman–Crippen MR) is 90.1 cm³/mol. The summed E-state index contributed by atoms with van der Waals surface area (Å²) >= 11 is 1.14. The molecule has 2 aromatic carbocycles. The topological polar surface area (TPSA) is 63.1 Å². The van der Waals surface area contributed by atoms with Crippen LogP contribution in [-0.2, 0) is 4.79 Å². The number of hydrogen-bond acceptors (Lipinski definition) is 4. The molecule has 1 atom stereocenters. The highest BCUT2D eigenvalue weighted by Gasteiger charge is 2.22. The summed E-state index contributed by atoms with van der Waals surface area (Å²) in [5.41, 5.74) is 2.47. The van der Waals surface area contributed by atoms with Crippen molar-refractivity contribution >= 4 is 17.7 Å². The lowest BCUT2D eigenvalue weighted by molar-refractivity contribution is -0.136. The molecule has 0 aliphatic heterocycles. The summed E-state index contributed by atoms with van der Waals surface area (Å²) in [7, 11) is 0. The highest BCUT2D eigenvalue weighted by molar-refractivity contribution is 8.00. The van der Waals surface area contributed by atoms with Gasteiger partial charge >= 0.3 is 5.97 Å². The maximum absolute atomic E-state index is 11.6. The summed E-state index contributed by atoms with van der Waals surface area (Å²) in [5, 5.41) is 9.21. The summed E-state index contributed by atoms with van der Waals surface area (Å²) in [6, 6.07) is 20.7. The molecule has 1 N–H and O–H groups in total. The number of carboxylic acid groups (broad SMARTS) is 1. The van der Waals surface area contributed by atoms with Gasteiger partial charge in [0.1, 0.15) is 5.25 Å². The molecular formula is C18H14N2O2S. The molecule has 0 bridgehead atoms. The average Bonchev–Trinajstić information content (AvgIpc) is 2.61. The molecule has 3 rings (SSSR count). The van der Waals surface area contributed by atoms with Gasteiger partial charge in [-0.1, -0.05) is 72.4 Å². The maximum atomic E-state index is 11.6. The van der Waals surface area contributed by atoms with Crippen molar-refractivity contribution in [2.75, 3.05) is 0 Å². The average molecular weight is 322 g/mol. The third kappa shape index (κ3) is 3.76. The lowest BCUT2D eigenvalue weighted by atomic mass is 10.1. The van der Waals surface area contributed by atoms with E-state index in [0.717, 1.165) is 28.6 Å². The second-order valence-electron chi connectivity index (χ2n) is 4.84. The first-order valence-electron chi connectivity index (χ1n) is 7.07. The molecule has 114 valence electrons. The minimum absolute atomic E-state index is 0.447. The predicted octanol–water partition coefficient (Wildman–Crippen LogP) is 4.06.